The molecule has 1 aromatic heterocycles. The lowest BCUT2D eigenvalue weighted by Crippen LogP contribution is -2.25. The first-order valence-corrected chi connectivity index (χ1v) is 7.74. The Kier molecular flexibility index (Phi) is 4.62. The molecule has 0 saturated carbocycles. The lowest BCUT2D eigenvalue weighted by Gasteiger charge is -2.26. The lowest BCUT2D eigenvalue weighted by molar-refractivity contribution is 0.194. The van der Waals surface area contributed by atoms with Crippen LogP contribution in [-0.4, -0.2) is 41.4 Å². The molecule has 2 heterocycles. The number of hydrogen-bond donors (Lipinski definition) is 1. The van der Waals surface area contributed by atoms with Gasteiger partial charge in [-0.2, -0.15) is 4.98 Å². The van der Waals surface area contributed by atoms with Crippen LogP contribution in [0.1, 0.15) is 24.9 Å². The van der Waals surface area contributed by atoms with Crippen molar-refractivity contribution in [2.75, 3.05) is 25.2 Å². The molecule has 1 aromatic carbocycles. The van der Waals surface area contributed by atoms with Gasteiger partial charge in [0, 0.05) is 6.54 Å². The minimum absolute atomic E-state index is 0.0336. The summed E-state index contributed by atoms with van der Waals surface area (Å²) in [5.74, 6) is 2.01. The second-order valence-corrected chi connectivity index (χ2v) is 5.48. The molecule has 1 aliphatic heterocycles. The largest absolute Gasteiger partial charge is 0.497 e. The maximum atomic E-state index is 10.1. The Labute approximate surface area is 135 Å². The van der Waals surface area contributed by atoms with Crippen molar-refractivity contribution in [2.24, 2.45) is 0 Å². The Morgan fingerprint density at radius 3 is 3.00 bits per heavy atom. The molecular formula is C17H21N3O3. The van der Waals surface area contributed by atoms with E-state index in [2.05, 4.69) is 14.9 Å². The highest BCUT2D eigenvalue weighted by Crippen LogP contribution is 2.36. The molecule has 0 spiro atoms. The number of ether oxygens (including phenoxy) is 2. The highest BCUT2D eigenvalue weighted by atomic mass is 16.5. The van der Waals surface area contributed by atoms with Crippen molar-refractivity contribution in [2.45, 2.75) is 25.5 Å². The van der Waals surface area contributed by atoms with Gasteiger partial charge in [0.1, 0.15) is 5.75 Å². The monoisotopic (exact) mass is 315 g/mol. The number of nitrogens with zero attached hydrogens (tertiary/aromatic N) is 3. The van der Waals surface area contributed by atoms with Gasteiger partial charge in [-0.3, -0.25) is 4.98 Å². The summed E-state index contributed by atoms with van der Waals surface area (Å²) in [7, 11) is 1.65. The molecule has 2 aromatic rings. The number of aromatic nitrogens is 2. The van der Waals surface area contributed by atoms with Gasteiger partial charge in [-0.1, -0.05) is 12.1 Å². The van der Waals surface area contributed by atoms with Gasteiger partial charge < -0.3 is 19.5 Å². The quantitative estimate of drug-likeness (QED) is 0.912. The van der Waals surface area contributed by atoms with Crippen LogP contribution >= 0.6 is 0 Å². The Morgan fingerprint density at radius 1 is 1.35 bits per heavy atom. The van der Waals surface area contributed by atoms with Crippen molar-refractivity contribution < 1.29 is 14.6 Å². The lowest BCUT2D eigenvalue weighted by atomic mass is 10.0. The average molecular weight is 315 g/mol. The van der Waals surface area contributed by atoms with Crippen LogP contribution in [0.3, 0.4) is 0 Å². The van der Waals surface area contributed by atoms with Gasteiger partial charge in [0.05, 0.1) is 38.3 Å². The molecule has 0 radical (unpaired) electrons. The summed E-state index contributed by atoms with van der Waals surface area (Å²) in [6, 6.07) is 7.94. The maximum Gasteiger partial charge on any atom is 0.234 e. The molecule has 0 unspecified atom stereocenters. The number of hydrogen-bond acceptors (Lipinski definition) is 6. The first-order valence-electron chi connectivity index (χ1n) is 7.74. The number of anilines is 1. The number of rotatable bonds is 5. The number of aliphatic hydroxyl groups excluding tert-OH is 1. The number of benzene rings is 1. The highest BCUT2D eigenvalue weighted by molar-refractivity contribution is 5.45. The SMILES string of the molecule is CCOc1cncc(N2C[C@@H](O)C[C@H]2c2cccc(OC)c2)n1. The van der Waals surface area contributed by atoms with E-state index in [0.717, 1.165) is 11.3 Å². The Balaban J connectivity index is 1.91. The third kappa shape index (κ3) is 3.37. The molecule has 3 rings (SSSR count). The number of aliphatic hydroxyl groups is 1. The van der Waals surface area contributed by atoms with Gasteiger partial charge in [0.2, 0.25) is 5.88 Å². The summed E-state index contributed by atoms with van der Waals surface area (Å²) in [6.07, 6.45) is 3.55. The summed E-state index contributed by atoms with van der Waals surface area (Å²) >= 11 is 0. The molecule has 6 heteroatoms. The van der Waals surface area contributed by atoms with Crippen molar-refractivity contribution in [1.29, 1.82) is 0 Å². The molecular weight excluding hydrogens is 294 g/mol. The van der Waals surface area contributed by atoms with Crippen LogP contribution in [0.25, 0.3) is 0 Å². The van der Waals surface area contributed by atoms with E-state index in [0.29, 0.717) is 31.3 Å². The predicted molar refractivity (Wildman–Crippen MR) is 86.9 cm³/mol. The first kappa shape index (κ1) is 15.6. The van der Waals surface area contributed by atoms with Crippen molar-refractivity contribution in [1.82, 2.24) is 9.97 Å². The molecule has 122 valence electrons. The fourth-order valence-electron chi connectivity index (χ4n) is 2.93. The summed E-state index contributed by atoms with van der Waals surface area (Å²) < 4.78 is 10.7. The molecule has 1 aliphatic rings. The van der Waals surface area contributed by atoms with E-state index in [1.165, 1.54) is 0 Å². The Bertz CT molecular complexity index is 665. The van der Waals surface area contributed by atoms with E-state index in [4.69, 9.17) is 9.47 Å². The molecule has 1 fully saturated rings. The smallest absolute Gasteiger partial charge is 0.234 e. The fraction of sp³-hybridized carbons (Fsp3) is 0.412. The van der Waals surface area contributed by atoms with Gasteiger partial charge in [-0.15, -0.1) is 0 Å². The Hall–Kier alpha value is -2.34. The van der Waals surface area contributed by atoms with Gasteiger partial charge >= 0.3 is 0 Å². The minimum Gasteiger partial charge on any atom is -0.497 e. The van der Waals surface area contributed by atoms with Crippen molar-refractivity contribution in [3.8, 4) is 11.6 Å². The van der Waals surface area contributed by atoms with E-state index in [-0.39, 0.29) is 6.04 Å². The van der Waals surface area contributed by atoms with Crippen LogP contribution in [0.2, 0.25) is 0 Å². The standard InChI is InChI=1S/C17H21N3O3/c1-3-23-17-10-18-9-16(19-17)20-11-13(21)8-15(20)12-5-4-6-14(7-12)22-2/h4-7,9-10,13,15,21H,3,8,11H2,1-2H3/t13-,15-/m0/s1. The van der Waals surface area contributed by atoms with Gasteiger partial charge in [0.15, 0.2) is 5.82 Å². The molecule has 0 aliphatic carbocycles. The zero-order chi connectivity index (χ0) is 16.2. The van der Waals surface area contributed by atoms with E-state index >= 15 is 0 Å². The van der Waals surface area contributed by atoms with Crippen LogP contribution in [0.5, 0.6) is 11.6 Å². The summed E-state index contributed by atoms with van der Waals surface area (Å²) in [6.45, 7) is 2.97. The van der Waals surface area contributed by atoms with Gasteiger partial charge in [-0.05, 0) is 31.0 Å². The topological polar surface area (TPSA) is 67.7 Å². The van der Waals surface area contributed by atoms with Crippen LogP contribution in [0.4, 0.5) is 5.82 Å². The van der Waals surface area contributed by atoms with E-state index in [9.17, 15) is 5.11 Å². The normalized spacial score (nSPS) is 20.6. The second kappa shape index (κ2) is 6.83. The zero-order valence-electron chi connectivity index (χ0n) is 13.3. The maximum absolute atomic E-state index is 10.1. The first-order chi connectivity index (χ1) is 11.2. The molecule has 1 N–H and O–H groups in total. The molecule has 2 atom stereocenters. The number of β-amino-alcohol motifs (C(OH)–C–C–N with tert-alkyl or cyclic N) is 1. The zero-order valence-corrected chi connectivity index (χ0v) is 13.3. The molecule has 1 saturated heterocycles. The molecule has 6 nitrogen and oxygen atoms in total. The average Bonchev–Trinajstić information content (AvgIpc) is 2.97. The Morgan fingerprint density at radius 2 is 2.22 bits per heavy atom. The molecule has 23 heavy (non-hydrogen) atoms. The molecule has 0 amide bonds. The predicted octanol–water partition coefficient (Wildman–Crippen LogP) is 2.20. The van der Waals surface area contributed by atoms with Crippen molar-refractivity contribution in [3.63, 3.8) is 0 Å². The summed E-state index contributed by atoms with van der Waals surface area (Å²) in [4.78, 5) is 10.8. The number of methoxy groups -OCH3 is 1. The van der Waals surface area contributed by atoms with Gasteiger partial charge in [-0.25, -0.2) is 0 Å². The van der Waals surface area contributed by atoms with E-state index < -0.39 is 6.10 Å². The third-order valence-corrected chi connectivity index (χ3v) is 3.94. The van der Waals surface area contributed by atoms with E-state index in [1.54, 1.807) is 19.5 Å². The summed E-state index contributed by atoms with van der Waals surface area (Å²) in [5, 5.41) is 10.1. The summed E-state index contributed by atoms with van der Waals surface area (Å²) in [5.41, 5.74) is 1.09. The second-order valence-electron chi connectivity index (χ2n) is 5.48. The van der Waals surface area contributed by atoms with Crippen LogP contribution < -0.4 is 14.4 Å². The highest BCUT2D eigenvalue weighted by Gasteiger charge is 2.33. The fourth-order valence-corrected chi connectivity index (χ4v) is 2.93. The van der Waals surface area contributed by atoms with Crippen molar-refractivity contribution >= 4 is 5.82 Å². The third-order valence-electron chi connectivity index (χ3n) is 3.94. The van der Waals surface area contributed by atoms with Crippen LogP contribution in [0, 0.1) is 0 Å². The van der Waals surface area contributed by atoms with Gasteiger partial charge in [0.25, 0.3) is 0 Å². The van der Waals surface area contributed by atoms with E-state index in [1.807, 2.05) is 31.2 Å². The van der Waals surface area contributed by atoms with Crippen molar-refractivity contribution in [3.05, 3.63) is 42.2 Å². The minimum atomic E-state index is -0.399. The van der Waals surface area contributed by atoms with Crippen LogP contribution in [-0.2, 0) is 0 Å². The van der Waals surface area contributed by atoms with Crippen LogP contribution in [0.15, 0.2) is 36.7 Å². The molecule has 0 bridgehead atoms.